The number of carbonyl (C=O) groups excluding carboxylic acids is 2. The minimum atomic E-state index is -4.28. The van der Waals surface area contributed by atoms with Gasteiger partial charge in [0.15, 0.2) is 0 Å². The fraction of sp³-hybridized carbons (Fsp3) is 0.522. The lowest BCUT2D eigenvalue weighted by atomic mass is 9.93. The highest BCUT2D eigenvalue weighted by Gasteiger charge is 2.54. The van der Waals surface area contributed by atoms with E-state index in [9.17, 15) is 27.6 Å². The number of carbonyl (C=O) groups is 2. The van der Waals surface area contributed by atoms with E-state index >= 15 is 8.78 Å². The van der Waals surface area contributed by atoms with Gasteiger partial charge in [0, 0.05) is 63.0 Å². The predicted octanol–water partition coefficient (Wildman–Crippen LogP) is 5.88. The number of aromatic nitrogens is 5. The van der Waals surface area contributed by atoms with E-state index in [1.54, 1.807) is 54.9 Å². The van der Waals surface area contributed by atoms with Gasteiger partial charge in [-0.15, -0.1) is 0 Å². The summed E-state index contributed by atoms with van der Waals surface area (Å²) in [6, 6.07) is 9.66. The molecule has 3 atom stereocenters. The minimum absolute atomic E-state index is 0.00655. The molecule has 6 heterocycles. The van der Waals surface area contributed by atoms with Crippen molar-refractivity contribution < 1.29 is 26.8 Å². The van der Waals surface area contributed by atoms with Crippen LogP contribution in [0.1, 0.15) is 81.9 Å². The second-order valence-electron chi connectivity index (χ2n) is 19.1. The normalized spacial score (nSPS) is 23.6. The van der Waals surface area contributed by atoms with E-state index in [2.05, 4.69) is 20.5 Å². The number of pyridine rings is 1. The minimum Gasteiger partial charge on any atom is -0.370 e. The summed E-state index contributed by atoms with van der Waals surface area (Å²) < 4.78 is 65.7. The van der Waals surface area contributed by atoms with Crippen LogP contribution >= 0.6 is 11.6 Å². The van der Waals surface area contributed by atoms with Crippen LogP contribution in [-0.4, -0.2) is 105 Å². The number of rotatable bonds is 10. The van der Waals surface area contributed by atoms with E-state index in [0.29, 0.717) is 53.0 Å². The van der Waals surface area contributed by atoms with Crippen molar-refractivity contribution in [1.29, 1.82) is 0 Å². The van der Waals surface area contributed by atoms with Gasteiger partial charge >= 0.3 is 5.69 Å². The van der Waals surface area contributed by atoms with E-state index in [-0.39, 0.29) is 76.2 Å². The Labute approximate surface area is 385 Å². The summed E-state index contributed by atoms with van der Waals surface area (Å²) in [5, 5.41) is 6.28. The van der Waals surface area contributed by atoms with Gasteiger partial charge in [0.25, 0.3) is 11.5 Å². The van der Waals surface area contributed by atoms with Gasteiger partial charge in [-0.1, -0.05) is 24.1 Å². The van der Waals surface area contributed by atoms with Crippen LogP contribution in [0.5, 0.6) is 0 Å². The van der Waals surface area contributed by atoms with Gasteiger partial charge in [-0.25, -0.2) is 27.0 Å². The molecule has 66 heavy (non-hydrogen) atoms. The van der Waals surface area contributed by atoms with Gasteiger partial charge < -0.3 is 10.2 Å². The van der Waals surface area contributed by atoms with Crippen LogP contribution in [0.2, 0.25) is 5.02 Å². The number of sulfonamides is 1. The molecule has 10 rings (SSSR count). The molecule has 0 bridgehead atoms. The number of imide groups is 1. The van der Waals surface area contributed by atoms with Crippen molar-refractivity contribution in [1.82, 2.24) is 38.2 Å². The van der Waals surface area contributed by atoms with Crippen LogP contribution in [0, 0.1) is 18.3 Å². The summed E-state index contributed by atoms with van der Waals surface area (Å²) in [6.07, 6.45) is 8.50. The molecular formula is C46H53ClF2N10O6S. The molecule has 20 heteroatoms. The summed E-state index contributed by atoms with van der Waals surface area (Å²) in [7, 11) is -0.925. The lowest BCUT2D eigenvalue weighted by molar-refractivity contribution is -0.135. The number of aryl methyl sites for hydroxylation is 2. The molecule has 16 nitrogen and oxygen atoms in total. The fourth-order valence-corrected chi connectivity index (χ4v) is 13.1. The summed E-state index contributed by atoms with van der Waals surface area (Å²) in [5.74, 6) is -3.83. The largest absolute Gasteiger partial charge is 0.370 e. The van der Waals surface area contributed by atoms with Crippen molar-refractivity contribution in [2.75, 3.05) is 50.0 Å². The second kappa shape index (κ2) is 16.5. The first kappa shape index (κ1) is 44.6. The Morgan fingerprint density at radius 2 is 1.74 bits per heavy atom. The van der Waals surface area contributed by atoms with Crippen molar-refractivity contribution in [2.45, 2.75) is 100 Å². The zero-order valence-electron chi connectivity index (χ0n) is 37.1. The average molecular weight is 948 g/mol. The van der Waals surface area contributed by atoms with Gasteiger partial charge in [0.2, 0.25) is 27.8 Å². The van der Waals surface area contributed by atoms with Gasteiger partial charge in [0.1, 0.15) is 16.7 Å². The lowest BCUT2D eigenvalue weighted by Crippen LogP contribution is -2.59. The monoisotopic (exact) mass is 946 g/mol. The quantitative estimate of drug-likeness (QED) is 0.160. The Kier molecular flexibility index (Phi) is 11.2. The molecule has 350 valence electrons. The number of nitrogens with zero attached hydrogens (tertiary/aromatic N) is 8. The maximum absolute atomic E-state index is 16.1. The highest BCUT2D eigenvalue weighted by molar-refractivity contribution is 7.89. The zero-order chi connectivity index (χ0) is 46.4. The number of benzene rings is 2. The molecule has 2 N–H and O–H groups in total. The first-order valence-electron chi connectivity index (χ1n) is 22.8. The van der Waals surface area contributed by atoms with Gasteiger partial charge in [-0.05, 0) is 119 Å². The van der Waals surface area contributed by atoms with Crippen molar-refractivity contribution in [3.05, 3.63) is 80.1 Å². The number of anilines is 3. The second-order valence-corrected chi connectivity index (χ2v) is 21.5. The van der Waals surface area contributed by atoms with E-state index in [4.69, 9.17) is 16.6 Å². The summed E-state index contributed by atoms with van der Waals surface area (Å²) in [4.78, 5) is 64.4. The van der Waals surface area contributed by atoms with Gasteiger partial charge in [-0.3, -0.25) is 38.3 Å². The summed E-state index contributed by atoms with van der Waals surface area (Å²) in [6.45, 7) is 2.38. The maximum Gasteiger partial charge on any atom is 0.329 e. The number of halogens is 3. The molecular weight excluding hydrogens is 894 g/mol. The van der Waals surface area contributed by atoms with E-state index in [1.165, 1.54) is 21.3 Å². The number of imidazole rings is 1. The lowest BCUT2D eigenvalue weighted by Gasteiger charge is -2.43. The Morgan fingerprint density at radius 1 is 0.970 bits per heavy atom. The van der Waals surface area contributed by atoms with Crippen molar-refractivity contribution in [2.24, 2.45) is 18.4 Å². The number of alkyl halides is 2. The molecule has 2 aromatic carbocycles. The number of piperidine rings is 3. The fourth-order valence-electron chi connectivity index (χ4n) is 11.3. The van der Waals surface area contributed by atoms with Crippen molar-refractivity contribution >= 4 is 72.8 Å². The van der Waals surface area contributed by atoms with Crippen LogP contribution in [0.4, 0.5) is 26.1 Å². The smallest absolute Gasteiger partial charge is 0.329 e. The third kappa shape index (κ3) is 7.68. The Balaban J connectivity index is 0.778. The van der Waals surface area contributed by atoms with Crippen LogP contribution in [0.25, 0.3) is 22.1 Å². The molecule has 1 spiro atoms. The topological polar surface area (TPSA) is 177 Å². The Bertz CT molecular complexity index is 3040. The summed E-state index contributed by atoms with van der Waals surface area (Å²) >= 11 is 6.39. The van der Waals surface area contributed by atoms with Crippen molar-refractivity contribution in [3.8, 4) is 0 Å². The average Bonchev–Trinajstić information content (AvgIpc) is 3.88. The van der Waals surface area contributed by atoms with Crippen LogP contribution in [0.3, 0.4) is 0 Å². The maximum atomic E-state index is 16.1. The third-order valence-corrected chi connectivity index (χ3v) is 17.1. The van der Waals surface area contributed by atoms with Gasteiger partial charge in [-0.2, -0.15) is 9.29 Å². The first-order valence-corrected chi connectivity index (χ1v) is 24.6. The third-order valence-electron chi connectivity index (χ3n) is 15.0. The molecule has 5 aliphatic rings. The molecule has 3 aromatic heterocycles. The molecule has 0 radical (unpaired) electrons. The standard InChI is InChI=1S/C46H53ClF2N10O6S/c1-27-22-30(9-10-32(27)51-43-50-24-29-23-31(47)42(62)59(40(29)53-43)36-8-5-16-45(36)17-18-45)66(64,65)57-21-15-37(46(48,49)26-57)54(2)25-28-13-19-56(20-14-28)33-6-4-7-34-39(33)55(3)44(63)58(34)35-11-12-38(60)52-41(35)61/h4,6-7,9-10,22-24,28,35-37H,5,8,11-21,25-26H2,1-3H3,(H,50,51,53)(H,52,60,61). The predicted molar refractivity (Wildman–Crippen MR) is 246 cm³/mol. The van der Waals surface area contributed by atoms with E-state index in [0.717, 1.165) is 54.9 Å². The Hall–Kier alpha value is -5.24. The molecule has 3 aliphatic heterocycles. The molecule has 2 aliphatic carbocycles. The molecule has 3 saturated heterocycles. The summed E-state index contributed by atoms with van der Waals surface area (Å²) in [5.41, 5.74) is 3.17. The highest BCUT2D eigenvalue weighted by Crippen LogP contribution is 2.63. The number of fused-ring (bicyclic) bond motifs is 2. The zero-order valence-corrected chi connectivity index (χ0v) is 38.7. The van der Waals surface area contributed by atoms with Crippen LogP contribution in [0.15, 0.2) is 63.1 Å². The SMILES string of the molecule is Cc1cc(S(=O)(=O)N2CCC(N(C)CC3CCN(c4cccc5c4n(C)c(=O)n5C4CCC(=O)NC4=O)CC3)C(F)(F)C2)ccc1Nc1ncc2cc(Cl)c(=O)n(C3CCCC34CC4)c2n1. The molecule has 2 amide bonds. The Morgan fingerprint density at radius 3 is 2.45 bits per heavy atom. The van der Waals surface area contributed by atoms with E-state index in [1.807, 2.05) is 12.1 Å². The number of hydrogen-bond donors (Lipinski definition) is 2. The molecule has 5 fully saturated rings. The van der Waals surface area contributed by atoms with Crippen LogP contribution in [-0.2, 0) is 26.7 Å². The molecule has 2 saturated carbocycles. The van der Waals surface area contributed by atoms with E-state index < -0.39 is 40.5 Å². The molecule has 3 unspecified atom stereocenters. The molecule has 5 aromatic rings. The van der Waals surface area contributed by atoms with Gasteiger partial charge in [0.05, 0.1) is 34.2 Å². The number of amides is 2. The number of para-hydroxylation sites is 1. The number of hydrogen-bond acceptors (Lipinski definition) is 11. The highest BCUT2D eigenvalue weighted by atomic mass is 35.5. The first-order chi connectivity index (χ1) is 31.5. The van der Waals surface area contributed by atoms with Crippen LogP contribution < -0.4 is 26.8 Å². The van der Waals surface area contributed by atoms with Crippen molar-refractivity contribution in [3.63, 3.8) is 0 Å². The number of nitrogens with one attached hydrogen (secondary N) is 2.